The van der Waals surface area contributed by atoms with Gasteiger partial charge in [0.25, 0.3) is 0 Å². The van der Waals surface area contributed by atoms with Gasteiger partial charge in [-0.3, -0.25) is 14.4 Å². The van der Waals surface area contributed by atoms with Crippen molar-refractivity contribution in [1.82, 2.24) is 0 Å². The number of hydrogen-bond acceptors (Lipinski definition) is 8. The average Bonchev–Trinajstić information content (AvgIpc) is 2.78. The topological polar surface area (TPSA) is 105 Å². The van der Waals surface area contributed by atoms with Crippen molar-refractivity contribution in [1.29, 1.82) is 0 Å². The normalized spacial score (nSPS) is 22.7. The van der Waals surface area contributed by atoms with Crippen LogP contribution < -0.4 is 4.74 Å². The van der Waals surface area contributed by atoms with E-state index in [2.05, 4.69) is 19.6 Å². The second kappa shape index (κ2) is 11.4. The summed E-state index contributed by atoms with van der Waals surface area (Å²) in [6, 6.07) is 6.05. The first-order valence-corrected chi connectivity index (χ1v) is 16.8. The Hall–Kier alpha value is -2.68. The van der Waals surface area contributed by atoms with Crippen LogP contribution in [0.2, 0.25) is 25.7 Å². The first-order chi connectivity index (χ1) is 17.2. The zero-order valence-electron chi connectivity index (χ0n) is 23.1. The molecular formula is C28H40O8Si. The van der Waals surface area contributed by atoms with Gasteiger partial charge in [0.15, 0.2) is 6.61 Å². The lowest BCUT2D eigenvalue weighted by Gasteiger charge is -2.46. The van der Waals surface area contributed by atoms with Gasteiger partial charge in [-0.05, 0) is 56.5 Å². The summed E-state index contributed by atoms with van der Waals surface area (Å²) in [4.78, 5) is 51.8. The zero-order valence-corrected chi connectivity index (χ0v) is 24.1. The van der Waals surface area contributed by atoms with Gasteiger partial charge in [-0.15, -0.1) is 0 Å². The minimum absolute atomic E-state index is 0.105. The van der Waals surface area contributed by atoms with Gasteiger partial charge in [-0.2, -0.15) is 0 Å². The fourth-order valence-electron chi connectivity index (χ4n) is 5.01. The monoisotopic (exact) mass is 532 g/mol. The second-order valence-electron chi connectivity index (χ2n) is 12.1. The molecule has 0 aliphatic heterocycles. The zero-order chi connectivity index (χ0) is 27.5. The van der Waals surface area contributed by atoms with Crippen molar-refractivity contribution in [2.45, 2.75) is 83.7 Å². The Balaban J connectivity index is 1.89. The molecule has 8 nitrogen and oxygen atoms in total. The lowest BCUT2D eigenvalue weighted by atomic mass is 9.55. The highest BCUT2D eigenvalue weighted by Gasteiger charge is 2.57. The van der Waals surface area contributed by atoms with Gasteiger partial charge < -0.3 is 18.9 Å². The summed E-state index contributed by atoms with van der Waals surface area (Å²) in [5, 5.41) is 0. The van der Waals surface area contributed by atoms with E-state index in [0.29, 0.717) is 24.3 Å². The summed E-state index contributed by atoms with van der Waals surface area (Å²) >= 11 is 0. The predicted molar refractivity (Wildman–Crippen MR) is 140 cm³/mol. The Morgan fingerprint density at radius 2 is 1.62 bits per heavy atom. The van der Waals surface area contributed by atoms with Crippen LogP contribution in [0, 0.1) is 11.8 Å². The summed E-state index contributed by atoms with van der Waals surface area (Å²) < 4.78 is 22.1. The predicted octanol–water partition coefficient (Wildman–Crippen LogP) is 4.63. The summed E-state index contributed by atoms with van der Waals surface area (Å²) in [5.41, 5.74) is 0.848. The van der Waals surface area contributed by atoms with Crippen LogP contribution in [0.4, 0.5) is 0 Å². The molecule has 1 fully saturated rings. The summed E-state index contributed by atoms with van der Waals surface area (Å²) in [6.45, 7) is 14.0. The van der Waals surface area contributed by atoms with Gasteiger partial charge in [0.05, 0.1) is 31.0 Å². The minimum Gasteiger partial charge on any atom is -0.482 e. The van der Waals surface area contributed by atoms with E-state index in [-0.39, 0.29) is 25.4 Å². The van der Waals surface area contributed by atoms with Crippen LogP contribution >= 0.6 is 0 Å². The highest BCUT2D eigenvalue weighted by Crippen LogP contribution is 2.55. The van der Waals surface area contributed by atoms with Crippen LogP contribution in [0.5, 0.6) is 5.75 Å². The van der Waals surface area contributed by atoms with E-state index in [9.17, 15) is 19.2 Å². The van der Waals surface area contributed by atoms with Crippen LogP contribution in [0.25, 0.3) is 0 Å². The third-order valence-electron chi connectivity index (χ3n) is 6.61. The van der Waals surface area contributed by atoms with Crippen molar-refractivity contribution in [3.05, 3.63) is 29.3 Å². The number of hydrogen-bond donors (Lipinski definition) is 0. The molecule has 1 saturated carbocycles. The molecule has 204 valence electrons. The molecule has 3 aliphatic carbocycles. The van der Waals surface area contributed by atoms with Gasteiger partial charge in [0, 0.05) is 20.4 Å². The van der Waals surface area contributed by atoms with Gasteiger partial charge in [0.1, 0.15) is 17.1 Å². The van der Waals surface area contributed by atoms with E-state index in [4.69, 9.17) is 18.9 Å². The molecule has 9 heteroatoms. The molecular weight excluding hydrogens is 492 g/mol. The van der Waals surface area contributed by atoms with E-state index in [0.717, 1.165) is 11.6 Å². The van der Waals surface area contributed by atoms with Crippen molar-refractivity contribution in [2.24, 2.45) is 11.8 Å². The Morgan fingerprint density at radius 1 is 0.973 bits per heavy atom. The molecule has 1 aromatic carbocycles. The number of rotatable bonds is 10. The van der Waals surface area contributed by atoms with Crippen LogP contribution in [-0.2, 0) is 33.4 Å². The van der Waals surface area contributed by atoms with E-state index in [1.807, 2.05) is 13.0 Å². The largest absolute Gasteiger partial charge is 0.482 e. The van der Waals surface area contributed by atoms with Crippen LogP contribution in [0.3, 0.4) is 0 Å². The number of ketones is 1. The Bertz CT molecular complexity index is 1040. The quantitative estimate of drug-likeness (QED) is 0.244. The third-order valence-corrected chi connectivity index (χ3v) is 8.31. The molecule has 1 aromatic rings. The molecule has 0 heterocycles. The van der Waals surface area contributed by atoms with Crippen LogP contribution in [0.1, 0.15) is 63.5 Å². The molecule has 4 unspecified atom stereocenters. The maximum Gasteiger partial charge on any atom is 0.344 e. The van der Waals surface area contributed by atoms with Crippen LogP contribution in [-0.4, -0.2) is 57.2 Å². The maximum absolute atomic E-state index is 13.3. The summed E-state index contributed by atoms with van der Waals surface area (Å²) in [5.74, 6) is -4.27. The molecule has 3 aliphatic rings. The molecule has 0 saturated heterocycles. The molecule has 0 radical (unpaired) electrons. The van der Waals surface area contributed by atoms with Gasteiger partial charge in [-0.1, -0.05) is 32.6 Å². The summed E-state index contributed by atoms with van der Waals surface area (Å²) in [6.07, 6.45) is 0.798. The summed E-state index contributed by atoms with van der Waals surface area (Å²) in [7, 11) is -1.42. The van der Waals surface area contributed by atoms with Crippen molar-refractivity contribution >= 4 is 31.8 Å². The Morgan fingerprint density at radius 3 is 2.24 bits per heavy atom. The Kier molecular flexibility index (Phi) is 8.88. The van der Waals surface area contributed by atoms with Gasteiger partial charge >= 0.3 is 17.9 Å². The highest BCUT2D eigenvalue weighted by molar-refractivity contribution is 6.76. The number of carbonyl (C=O) groups is 4. The number of Topliss-reactive ketones (excluding diaryl/α,β-unsaturated/α-hetero) is 1. The lowest BCUT2D eigenvalue weighted by Crippen LogP contribution is -2.50. The van der Waals surface area contributed by atoms with Crippen molar-refractivity contribution in [2.75, 3.05) is 19.8 Å². The molecule has 0 aromatic heterocycles. The number of esters is 3. The van der Waals surface area contributed by atoms with E-state index in [1.54, 1.807) is 32.9 Å². The highest BCUT2D eigenvalue weighted by atomic mass is 28.3. The fraction of sp³-hybridized carbons (Fsp3) is 0.643. The fourth-order valence-corrected chi connectivity index (χ4v) is 5.72. The van der Waals surface area contributed by atoms with Crippen molar-refractivity contribution in [3.63, 3.8) is 0 Å². The molecule has 2 bridgehead atoms. The van der Waals surface area contributed by atoms with E-state index >= 15 is 0 Å². The van der Waals surface area contributed by atoms with Crippen molar-refractivity contribution < 1.29 is 38.1 Å². The molecule has 4 rings (SSSR count). The number of ether oxygens (including phenoxy) is 4. The van der Waals surface area contributed by atoms with E-state index in [1.165, 1.54) is 0 Å². The van der Waals surface area contributed by atoms with Crippen molar-refractivity contribution in [3.8, 4) is 5.75 Å². The molecule has 37 heavy (non-hydrogen) atoms. The minimum atomic E-state index is -1.42. The molecule has 0 spiro atoms. The second-order valence-corrected chi connectivity index (χ2v) is 17.7. The molecule has 4 atom stereocenters. The number of fused-ring (bicyclic) bond motifs is 2. The standard InChI is InChI=1S/C28H40O8Si/c1-8-11-33-27(32)25-23-19-14-17(35-16-22(30)36-28(2,3)4)9-10-18(19)20(15-21(23)29)24(25)26(31)34-12-13-37(5,6)7/h9-10,14,20,23-25H,8,11-13,15-16H2,1-7H3. The SMILES string of the molecule is CCCOC(=O)C1C2C(=O)CC(c3ccc(OCC(=O)OC(C)(C)C)cc32)C1C(=O)OCC[Si](C)(C)C. The van der Waals surface area contributed by atoms with E-state index < -0.39 is 55.3 Å². The number of carbonyl (C=O) groups excluding carboxylic acids is 4. The van der Waals surface area contributed by atoms with Gasteiger partial charge in [0.2, 0.25) is 0 Å². The smallest absolute Gasteiger partial charge is 0.344 e. The van der Waals surface area contributed by atoms with Gasteiger partial charge in [-0.25, -0.2) is 4.79 Å². The third kappa shape index (κ3) is 7.21. The first kappa shape index (κ1) is 28.9. The first-order valence-electron chi connectivity index (χ1n) is 13.1. The Labute approximate surface area is 220 Å². The number of benzene rings is 1. The maximum atomic E-state index is 13.3. The lowest BCUT2D eigenvalue weighted by molar-refractivity contribution is -0.167. The van der Waals surface area contributed by atoms with Crippen LogP contribution in [0.15, 0.2) is 18.2 Å². The average molecular weight is 533 g/mol. The molecule has 0 N–H and O–H groups in total. The molecule has 0 amide bonds.